The number of aromatic amines is 1. The first-order chi connectivity index (χ1) is 9.08. The van der Waals surface area contributed by atoms with E-state index < -0.39 is 5.97 Å². The largest absolute Gasteiger partial charge is 0.481 e. The maximum absolute atomic E-state index is 11.8. The van der Waals surface area contributed by atoms with Gasteiger partial charge in [0.1, 0.15) is 0 Å². The Morgan fingerprint density at radius 2 is 2.05 bits per heavy atom. The molecule has 3 N–H and O–H groups in total. The van der Waals surface area contributed by atoms with Gasteiger partial charge in [0.05, 0.1) is 12.8 Å². The highest BCUT2D eigenvalue weighted by Gasteiger charge is 2.12. The summed E-state index contributed by atoms with van der Waals surface area (Å²) in [6.07, 6.45) is 0.202. The number of carbonyl (C=O) groups excluding carboxylic acids is 1. The standard InChI is InChI=1S/C14H16N2O3/c1-9-11(8-13(17)15-7-6-14(18)19)10-4-2-3-5-12(10)16-9/h2-5,16H,6-8H2,1H3,(H,15,17)(H,18,19). The van der Waals surface area contributed by atoms with Crippen molar-refractivity contribution >= 4 is 22.8 Å². The van der Waals surface area contributed by atoms with E-state index in [0.717, 1.165) is 22.2 Å². The number of hydrogen-bond acceptors (Lipinski definition) is 2. The molecule has 1 aromatic heterocycles. The molecule has 0 saturated carbocycles. The number of para-hydroxylation sites is 1. The summed E-state index contributed by atoms with van der Waals surface area (Å²) in [5.41, 5.74) is 2.94. The molecule has 5 nitrogen and oxygen atoms in total. The predicted octanol–water partition coefficient (Wildman–Crippen LogP) is 1.61. The Morgan fingerprint density at radius 1 is 1.32 bits per heavy atom. The van der Waals surface area contributed by atoms with Crippen LogP contribution < -0.4 is 5.32 Å². The average Bonchev–Trinajstić information content (AvgIpc) is 2.66. The zero-order valence-electron chi connectivity index (χ0n) is 10.7. The number of fused-ring (bicyclic) bond motifs is 1. The predicted molar refractivity (Wildman–Crippen MR) is 72.0 cm³/mol. The van der Waals surface area contributed by atoms with Gasteiger partial charge in [-0.15, -0.1) is 0 Å². The van der Waals surface area contributed by atoms with Gasteiger partial charge in [-0.1, -0.05) is 18.2 Å². The molecule has 1 amide bonds. The summed E-state index contributed by atoms with van der Waals surface area (Å²) < 4.78 is 0. The summed E-state index contributed by atoms with van der Waals surface area (Å²) in [4.78, 5) is 25.4. The molecular weight excluding hydrogens is 244 g/mol. The Bertz CT molecular complexity index is 616. The lowest BCUT2D eigenvalue weighted by molar-refractivity contribution is -0.136. The van der Waals surface area contributed by atoms with E-state index in [-0.39, 0.29) is 25.3 Å². The summed E-state index contributed by atoms with van der Waals surface area (Å²) >= 11 is 0. The van der Waals surface area contributed by atoms with Crippen molar-refractivity contribution in [3.63, 3.8) is 0 Å². The third-order valence-corrected chi connectivity index (χ3v) is 3.03. The maximum Gasteiger partial charge on any atom is 0.305 e. The first-order valence-corrected chi connectivity index (χ1v) is 6.12. The lowest BCUT2D eigenvalue weighted by Crippen LogP contribution is -2.27. The second-order valence-corrected chi connectivity index (χ2v) is 4.44. The van der Waals surface area contributed by atoms with Gasteiger partial charge in [0.15, 0.2) is 0 Å². The highest BCUT2D eigenvalue weighted by Crippen LogP contribution is 2.22. The number of carboxylic acid groups (broad SMARTS) is 1. The van der Waals surface area contributed by atoms with Gasteiger partial charge in [-0.3, -0.25) is 9.59 Å². The number of aryl methyl sites for hydroxylation is 1. The minimum absolute atomic E-state index is 0.0569. The fourth-order valence-electron chi connectivity index (χ4n) is 2.09. The number of aromatic nitrogens is 1. The highest BCUT2D eigenvalue weighted by atomic mass is 16.4. The van der Waals surface area contributed by atoms with Crippen molar-refractivity contribution in [2.45, 2.75) is 19.8 Å². The fraction of sp³-hybridized carbons (Fsp3) is 0.286. The van der Waals surface area contributed by atoms with Crippen LogP contribution in [0.15, 0.2) is 24.3 Å². The van der Waals surface area contributed by atoms with Crippen LogP contribution >= 0.6 is 0 Å². The van der Waals surface area contributed by atoms with Crippen molar-refractivity contribution in [2.75, 3.05) is 6.54 Å². The first-order valence-electron chi connectivity index (χ1n) is 6.12. The van der Waals surface area contributed by atoms with E-state index in [1.807, 2.05) is 31.2 Å². The highest BCUT2D eigenvalue weighted by molar-refractivity contribution is 5.90. The van der Waals surface area contributed by atoms with Crippen molar-refractivity contribution in [3.8, 4) is 0 Å². The normalized spacial score (nSPS) is 10.6. The zero-order chi connectivity index (χ0) is 13.8. The number of H-pyrrole nitrogens is 1. The van der Waals surface area contributed by atoms with Crippen LogP contribution in [0.4, 0.5) is 0 Å². The van der Waals surface area contributed by atoms with E-state index in [9.17, 15) is 9.59 Å². The Balaban J connectivity index is 2.06. The molecule has 0 aliphatic heterocycles. The molecule has 0 bridgehead atoms. The van der Waals surface area contributed by atoms with Crippen molar-refractivity contribution < 1.29 is 14.7 Å². The van der Waals surface area contributed by atoms with Crippen LogP contribution in [-0.4, -0.2) is 28.5 Å². The second kappa shape index (κ2) is 5.56. The molecule has 5 heteroatoms. The molecule has 0 atom stereocenters. The van der Waals surface area contributed by atoms with Crippen LogP contribution in [0.5, 0.6) is 0 Å². The van der Waals surface area contributed by atoms with Crippen molar-refractivity contribution in [3.05, 3.63) is 35.5 Å². The third-order valence-electron chi connectivity index (χ3n) is 3.03. The third kappa shape index (κ3) is 3.13. The SMILES string of the molecule is Cc1[nH]c2ccccc2c1CC(=O)NCCC(=O)O. The summed E-state index contributed by atoms with van der Waals surface area (Å²) in [6.45, 7) is 2.09. The number of nitrogens with one attached hydrogen (secondary N) is 2. The second-order valence-electron chi connectivity index (χ2n) is 4.44. The van der Waals surface area contributed by atoms with Crippen LogP contribution in [0.2, 0.25) is 0 Å². The fourth-order valence-corrected chi connectivity index (χ4v) is 2.09. The Kier molecular flexibility index (Phi) is 3.85. The number of amides is 1. The molecule has 2 aromatic rings. The van der Waals surface area contributed by atoms with Crippen LogP contribution in [0, 0.1) is 6.92 Å². The molecule has 1 aromatic carbocycles. The molecule has 0 aliphatic carbocycles. The number of rotatable bonds is 5. The Hall–Kier alpha value is -2.30. The monoisotopic (exact) mass is 260 g/mol. The van der Waals surface area contributed by atoms with E-state index >= 15 is 0 Å². The van der Waals surface area contributed by atoms with E-state index in [0.29, 0.717) is 0 Å². The molecule has 100 valence electrons. The maximum atomic E-state index is 11.8. The number of benzene rings is 1. The van der Waals surface area contributed by atoms with Gasteiger partial charge in [-0.2, -0.15) is 0 Å². The number of aliphatic carboxylic acids is 1. The van der Waals surface area contributed by atoms with Gasteiger partial charge in [0.2, 0.25) is 5.91 Å². The van der Waals surface area contributed by atoms with E-state index in [4.69, 9.17) is 5.11 Å². The molecule has 0 aliphatic rings. The molecular formula is C14H16N2O3. The number of carbonyl (C=O) groups is 2. The zero-order valence-corrected chi connectivity index (χ0v) is 10.7. The molecule has 0 radical (unpaired) electrons. The van der Waals surface area contributed by atoms with Crippen LogP contribution in [0.3, 0.4) is 0 Å². The van der Waals surface area contributed by atoms with Gasteiger partial charge in [0, 0.05) is 23.1 Å². The molecule has 0 spiro atoms. The van der Waals surface area contributed by atoms with E-state index in [1.54, 1.807) is 0 Å². The van der Waals surface area contributed by atoms with Crippen LogP contribution in [0.25, 0.3) is 10.9 Å². The molecule has 2 rings (SSSR count). The first kappa shape index (κ1) is 13.1. The minimum atomic E-state index is -0.913. The van der Waals surface area contributed by atoms with Gasteiger partial charge >= 0.3 is 5.97 Å². The molecule has 0 saturated heterocycles. The van der Waals surface area contributed by atoms with E-state index in [1.165, 1.54) is 0 Å². The minimum Gasteiger partial charge on any atom is -0.481 e. The van der Waals surface area contributed by atoms with Gasteiger partial charge < -0.3 is 15.4 Å². The summed E-state index contributed by atoms with van der Waals surface area (Å²) in [6, 6.07) is 7.81. The van der Waals surface area contributed by atoms with Crippen molar-refractivity contribution in [1.82, 2.24) is 10.3 Å². The summed E-state index contributed by atoms with van der Waals surface area (Å²) in [5.74, 6) is -1.07. The van der Waals surface area contributed by atoms with Crippen LogP contribution in [0.1, 0.15) is 17.7 Å². The summed E-state index contributed by atoms with van der Waals surface area (Å²) in [7, 11) is 0. The topological polar surface area (TPSA) is 82.2 Å². The number of carboxylic acids is 1. The van der Waals surface area contributed by atoms with Gasteiger partial charge in [-0.25, -0.2) is 0 Å². The Morgan fingerprint density at radius 3 is 2.79 bits per heavy atom. The van der Waals surface area contributed by atoms with E-state index in [2.05, 4.69) is 10.3 Å². The van der Waals surface area contributed by atoms with Crippen molar-refractivity contribution in [2.24, 2.45) is 0 Å². The van der Waals surface area contributed by atoms with Crippen LogP contribution in [-0.2, 0) is 16.0 Å². The molecule has 1 heterocycles. The van der Waals surface area contributed by atoms with Gasteiger partial charge in [0.25, 0.3) is 0 Å². The Labute approximate surface area is 110 Å². The lowest BCUT2D eigenvalue weighted by Gasteiger charge is -2.04. The summed E-state index contributed by atoms with van der Waals surface area (Å²) in [5, 5.41) is 12.2. The molecule has 19 heavy (non-hydrogen) atoms. The van der Waals surface area contributed by atoms with Crippen molar-refractivity contribution in [1.29, 1.82) is 0 Å². The molecule has 0 unspecified atom stereocenters. The lowest BCUT2D eigenvalue weighted by atomic mass is 10.1. The average molecular weight is 260 g/mol. The number of hydrogen-bond donors (Lipinski definition) is 3. The van der Waals surface area contributed by atoms with Gasteiger partial charge in [-0.05, 0) is 18.6 Å². The smallest absolute Gasteiger partial charge is 0.305 e. The quantitative estimate of drug-likeness (QED) is 0.763. The molecule has 0 fully saturated rings.